The second kappa shape index (κ2) is 18.5. The Kier molecular flexibility index (Phi) is 12.2. The summed E-state index contributed by atoms with van der Waals surface area (Å²) in [6.45, 7) is 2.83. The van der Waals surface area contributed by atoms with Gasteiger partial charge >= 0.3 is 0 Å². The van der Waals surface area contributed by atoms with E-state index in [1.54, 1.807) is 18.6 Å². The van der Waals surface area contributed by atoms with Crippen molar-refractivity contribution in [1.29, 1.82) is 0 Å². The van der Waals surface area contributed by atoms with Gasteiger partial charge in [0.25, 0.3) is 11.8 Å². The summed E-state index contributed by atoms with van der Waals surface area (Å²) in [6.07, 6.45) is 17.6. The Balaban J connectivity index is 0.823. The summed E-state index contributed by atoms with van der Waals surface area (Å²) >= 11 is 2.91. The van der Waals surface area contributed by atoms with Crippen molar-refractivity contribution in [2.45, 2.75) is 76.1 Å². The highest BCUT2D eigenvalue weighted by molar-refractivity contribution is 7.14. The van der Waals surface area contributed by atoms with E-state index in [-0.39, 0.29) is 29.9 Å². The van der Waals surface area contributed by atoms with Gasteiger partial charge in [-0.1, -0.05) is 24.3 Å². The maximum absolute atomic E-state index is 14.0. The van der Waals surface area contributed by atoms with E-state index in [1.165, 1.54) is 33.9 Å². The molecule has 2 aliphatic heterocycles. The van der Waals surface area contributed by atoms with Crippen LogP contribution in [0.1, 0.15) is 93.1 Å². The maximum Gasteiger partial charge on any atom is 0.274 e. The van der Waals surface area contributed by atoms with Gasteiger partial charge in [0.2, 0.25) is 0 Å². The number of rotatable bonds is 15. The Labute approximate surface area is 357 Å². The lowest BCUT2D eigenvalue weighted by Crippen LogP contribution is -2.26. The summed E-state index contributed by atoms with van der Waals surface area (Å²) in [4.78, 5) is 47.7. The molecule has 60 heavy (non-hydrogen) atoms. The van der Waals surface area contributed by atoms with Crippen molar-refractivity contribution in [3.05, 3.63) is 160 Å². The molecule has 12 nitrogen and oxygen atoms in total. The third-order valence-electron chi connectivity index (χ3n) is 11.4. The van der Waals surface area contributed by atoms with Crippen molar-refractivity contribution in [1.82, 2.24) is 29.1 Å². The average molecular weight is 838 g/mol. The van der Waals surface area contributed by atoms with Crippen molar-refractivity contribution in [2.24, 2.45) is 0 Å². The van der Waals surface area contributed by atoms with E-state index in [1.807, 2.05) is 64.8 Å². The monoisotopic (exact) mass is 837 g/mol. The second-order valence-corrected chi connectivity index (χ2v) is 17.2. The summed E-state index contributed by atoms with van der Waals surface area (Å²) < 4.78 is 10.5. The Morgan fingerprint density at radius 1 is 0.800 bits per heavy atom. The predicted octanol–water partition coefficient (Wildman–Crippen LogP) is 9.03. The number of hydrogen-bond donors (Lipinski definition) is 2. The van der Waals surface area contributed by atoms with Gasteiger partial charge in [-0.05, 0) is 104 Å². The van der Waals surface area contributed by atoms with Gasteiger partial charge < -0.3 is 18.8 Å². The van der Waals surface area contributed by atoms with Crippen molar-refractivity contribution < 1.29 is 14.3 Å². The van der Waals surface area contributed by atoms with Gasteiger partial charge in [-0.3, -0.25) is 30.2 Å². The van der Waals surface area contributed by atoms with Crippen LogP contribution in [0.4, 0.5) is 16.0 Å². The number of benzene rings is 1. The molecule has 0 saturated carbocycles. The first-order chi connectivity index (χ1) is 29.5. The lowest BCUT2D eigenvalue weighted by atomic mass is 9.92. The fourth-order valence-electron chi connectivity index (χ4n) is 8.32. The van der Waals surface area contributed by atoms with Crippen LogP contribution in [0.3, 0.4) is 0 Å². The number of carbonyl (C=O) groups is 2. The lowest BCUT2D eigenvalue weighted by Gasteiger charge is -2.28. The molecule has 14 heteroatoms. The molecule has 3 atom stereocenters. The van der Waals surface area contributed by atoms with Crippen LogP contribution in [0, 0.1) is 0 Å². The highest BCUT2D eigenvalue weighted by atomic mass is 32.1. The number of nitrogens with zero attached hydrogens (tertiary/aromatic N) is 7. The second-order valence-electron chi connectivity index (χ2n) is 15.4. The maximum atomic E-state index is 14.0. The van der Waals surface area contributed by atoms with E-state index in [4.69, 9.17) is 14.7 Å². The van der Waals surface area contributed by atoms with E-state index >= 15 is 0 Å². The van der Waals surface area contributed by atoms with Crippen LogP contribution in [-0.4, -0.2) is 60.1 Å². The fraction of sp³-hybridized carbons (Fsp3) is 0.304. The van der Waals surface area contributed by atoms with Crippen LogP contribution >= 0.6 is 22.7 Å². The number of ether oxygens (including phenoxy) is 1. The molecule has 2 unspecified atom stereocenters. The highest BCUT2D eigenvalue weighted by Crippen LogP contribution is 2.37. The zero-order chi connectivity index (χ0) is 40.7. The smallest absolute Gasteiger partial charge is 0.274 e. The minimum atomic E-state index is -0.195. The van der Waals surface area contributed by atoms with Gasteiger partial charge in [0.15, 0.2) is 10.3 Å². The van der Waals surface area contributed by atoms with Crippen LogP contribution in [0.15, 0.2) is 121 Å². The molecule has 1 aromatic carbocycles. The van der Waals surface area contributed by atoms with Gasteiger partial charge in [-0.2, -0.15) is 0 Å². The van der Waals surface area contributed by atoms with Crippen molar-refractivity contribution >= 4 is 50.4 Å². The first-order valence-corrected chi connectivity index (χ1v) is 22.4. The first-order valence-electron chi connectivity index (χ1n) is 20.6. The van der Waals surface area contributed by atoms with Crippen molar-refractivity contribution in [2.75, 3.05) is 28.7 Å². The van der Waals surface area contributed by atoms with E-state index < -0.39 is 0 Å². The largest absolute Gasteiger partial charge is 0.377 e. The zero-order valence-corrected chi connectivity index (χ0v) is 34.9. The molecule has 2 amide bonds. The summed E-state index contributed by atoms with van der Waals surface area (Å²) in [5.74, 6) is -0.184. The molecule has 2 N–H and O–H groups in total. The molecule has 7 aromatic rings. The molecule has 2 saturated heterocycles. The molecular formula is C46H47N9O3S2. The molecular weight excluding hydrogens is 791 g/mol. The first kappa shape index (κ1) is 39.5. The van der Waals surface area contributed by atoms with Crippen molar-refractivity contribution in [3.63, 3.8) is 0 Å². The summed E-state index contributed by atoms with van der Waals surface area (Å²) in [5, 5.41) is 11.4. The number of pyridine rings is 2. The topological polar surface area (TPSA) is 132 Å². The van der Waals surface area contributed by atoms with Crippen LogP contribution in [0.5, 0.6) is 0 Å². The van der Waals surface area contributed by atoms with E-state index in [2.05, 4.69) is 72.0 Å². The quantitative estimate of drug-likeness (QED) is 0.105. The number of thiazole rings is 2. The number of nitrogens with one attached hydrogen (secondary N) is 2. The third-order valence-corrected chi connectivity index (χ3v) is 13.0. The molecule has 6 aromatic heterocycles. The minimum absolute atomic E-state index is 0.0191. The van der Waals surface area contributed by atoms with Gasteiger partial charge in [0.05, 0.1) is 30.1 Å². The Hall–Kier alpha value is -5.96. The molecule has 0 spiro atoms. The highest BCUT2D eigenvalue weighted by Gasteiger charge is 2.30. The lowest BCUT2D eigenvalue weighted by molar-refractivity contribution is 0.00397. The van der Waals surface area contributed by atoms with Crippen LogP contribution < -0.4 is 15.5 Å². The predicted molar refractivity (Wildman–Crippen MR) is 236 cm³/mol. The number of carbonyl (C=O) groups excluding carboxylic acids is 2. The molecule has 0 aliphatic carbocycles. The van der Waals surface area contributed by atoms with E-state index in [0.717, 1.165) is 67.6 Å². The Morgan fingerprint density at radius 2 is 1.63 bits per heavy atom. The molecule has 2 fully saturated rings. The molecule has 2 aliphatic rings. The Bertz CT molecular complexity index is 2490. The van der Waals surface area contributed by atoms with E-state index in [0.29, 0.717) is 47.8 Å². The van der Waals surface area contributed by atoms with Gasteiger partial charge in [0.1, 0.15) is 11.4 Å². The molecule has 0 radical (unpaired) electrons. The SMILES string of the molecule is O=C(Nc1nc(CC2CCC(c3cc(C(=O)Nc4nc([C@H]5CCCN5c5ccccc5)cs4)n(CCCc4cccnc4)c3)CO2)cs1)c1cccn1Cc1ccncc1. The molecule has 306 valence electrons. The van der Waals surface area contributed by atoms with Crippen LogP contribution in [-0.2, 0) is 30.7 Å². The van der Waals surface area contributed by atoms with Gasteiger partial charge in [-0.25, -0.2) is 9.97 Å². The van der Waals surface area contributed by atoms with Crippen LogP contribution in [0.25, 0.3) is 0 Å². The number of hydrogen-bond acceptors (Lipinski definition) is 10. The molecule has 8 heterocycles. The van der Waals surface area contributed by atoms with Crippen molar-refractivity contribution in [3.8, 4) is 0 Å². The summed E-state index contributed by atoms with van der Waals surface area (Å²) in [5.41, 5.74) is 7.65. The number of amides is 2. The standard InChI is InChI=1S/C46H47N9O3S2/c56-43(41-13-6-22-53(41)27-33-16-19-47-20-17-33)51-45-49-36(30-59-45)25-38-15-14-34(29-58-38)35-24-42(54(28-35)21-5-9-32-8-4-18-48-26-32)44(57)52-46-50-39(31-60-46)40-12-7-23-55(40)37-10-2-1-3-11-37/h1-4,6,8,10-11,13,16-20,22,24,26,28,30-31,34,38,40H,5,7,9,12,14-15,21,23,25,27,29H2,(H,49,51,56)(H,50,52,57)/t34?,38?,40-/m1/s1. The van der Waals surface area contributed by atoms with Crippen LogP contribution in [0.2, 0.25) is 0 Å². The molecule has 9 rings (SSSR count). The fourth-order valence-corrected chi connectivity index (χ4v) is 9.79. The summed E-state index contributed by atoms with van der Waals surface area (Å²) in [6, 6.07) is 24.4. The third kappa shape index (κ3) is 9.41. The zero-order valence-electron chi connectivity index (χ0n) is 33.2. The normalized spacial score (nSPS) is 17.8. The van der Waals surface area contributed by atoms with E-state index in [9.17, 15) is 9.59 Å². The average Bonchev–Trinajstić information content (AvgIpc) is 4.14. The van der Waals surface area contributed by atoms with Gasteiger partial charge in [-0.15, -0.1) is 22.7 Å². The van der Waals surface area contributed by atoms with Gasteiger partial charge in [0, 0.05) is 85.6 Å². The number of aryl methyl sites for hydroxylation is 2. The molecule has 0 bridgehead atoms. The Morgan fingerprint density at radius 3 is 2.45 bits per heavy atom. The number of anilines is 3. The minimum Gasteiger partial charge on any atom is -0.377 e. The number of aromatic nitrogens is 6. The summed E-state index contributed by atoms with van der Waals surface area (Å²) in [7, 11) is 0. The number of para-hydroxylation sites is 1.